The molecule has 0 heterocycles. The van der Waals surface area contributed by atoms with Gasteiger partial charge in [0.15, 0.2) is 0 Å². The highest BCUT2D eigenvalue weighted by atomic mass is 16.3. The number of aliphatic hydroxyl groups excluding tert-OH is 1. The van der Waals surface area contributed by atoms with Gasteiger partial charge in [-0.15, -0.1) is 0 Å². The van der Waals surface area contributed by atoms with E-state index in [1.54, 1.807) is 0 Å². The van der Waals surface area contributed by atoms with Crippen LogP contribution in [0.25, 0.3) is 0 Å². The lowest BCUT2D eigenvalue weighted by Gasteiger charge is -2.15. The van der Waals surface area contributed by atoms with Crippen LogP contribution < -0.4 is 0 Å². The van der Waals surface area contributed by atoms with E-state index in [0.29, 0.717) is 0 Å². The largest absolute Gasteiger partial charge is 0.390 e. The Bertz CT molecular complexity index is 104. The van der Waals surface area contributed by atoms with Gasteiger partial charge in [-0.1, -0.05) is 33.6 Å². The third kappa shape index (κ3) is 8.22. The van der Waals surface area contributed by atoms with Gasteiger partial charge in [-0.2, -0.15) is 0 Å². The van der Waals surface area contributed by atoms with E-state index in [9.17, 15) is 10.2 Å². The lowest BCUT2D eigenvalue weighted by molar-refractivity contribution is 0.0187. The summed E-state index contributed by atoms with van der Waals surface area (Å²) in [6.07, 6.45) is 2.64. The first kappa shape index (κ1) is 15.4. The second-order valence-electron chi connectivity index (χ2n) is 4.04. The first-order valence-electron chi connectivity index (χ1n) is 4.84. The van der Waals surface area contributed by atoms with Crippen molar-refractivity contribution in [1.82, 2.24) is 0 Å². The van der Waals surface area contributed by atoms with Gasteiger partial charge in [0.2, 0.25) is 0 Å². The number of rotatable bonds is 6. The molecule has 3 heteroatoms. The molecule has 3 nitrogen and oxygen atoms in total. The van der Waals surface area contributed by atoms with Crippen LogP contribution in [0.4, 0.5) is 0 Å². The van der Waals surface area contributed by atoms with Crippen LogP contribution in [0.15, 0.2) is 0 Å². The van der Waals surface area contributed by atoms with Crippen LogP contribution in [0.3, 0.4) is 0 Å². The molecule has 2 atom stereocenters. The smallest absolute Gasteiger partial charge is 0.108 e. The summed E-state index contributed by atoms with van der Waals surface area (Å²) < 4.78 is 0. The van der Waals surface area contributed by atoms with Crippen molar-refractivity contribution in [2.24, 2.45) is 11.8 Å². The summed E-state index contributed by atoms with van der Waals surface area (Å²) in [6.45, 7) is 5.97. The molecule has 0 aromatic rings. The molecule has 0 aliphatic carbocycles. The molecule has 0 amide bonds. The minimum Gasteiger partial charge on any atom is -0.390 e. The summed E-state index contributed by atoms with van der Waals surface area (Å²) >= 11 is 0. The highest BCUT2D eigenvalue weighted by Crippen LogP contribution is 2.14. The van der Waals surface area contributed by atoms with E-state index in [-0.39, 0.29) is 18.0 Å². The van der Waals surface area contributed by atoms with Gasteiger partial charge >= 0.3 is 0 Å². The SMILES string of the molecule is CC(C)CCCC(C)C(O)C[O].[OH]. The molecule has 2 radical (unpaired) electrons. The average molecular weight is 190 g/mol. The normalized spacial score (nSPS) is 15.2. The topological polar surface area (TPSA) is 70.1 Å². The van der Waals surface area contributed by atoms with Gasteiger partial charge < -0.3 is 5.11 Å². The molecule has 0 saturated heterocycles. The molecule has 0 aromatic heterocycles. The van der Waals surface area contributed by atoms with E-state index in [2.05, 4.69) is 13.8 Å². The molecule has 0 spiro atoms. The Morgan fingerprint density at radius 3 is 2.08 bits per heavy atom. The van der Waals surface area contributed by atoms with E-state index in [1.165, 1.54) is 6.42 Å². The summed E-state index contributed by atoms with van der Waals surface area (Å²) in [5.41, 5.74) is 0. The molecule has 13 heavy (non-hydrogen) atoms. The molecule has 0 rings (SSSR count). The zero-order chi connectivity index (χ0) is 9.56. The van der Waals surface area contributed by atoms with Crippen LogP contribution in [0.1, 0.15) is 40.0 Å². The molecule has 2 N–H and O–H groups in total. The zero-order valence-electron chi connectivity index (χ0n) is 8.86. The predicted octanol–water partition coefficient (Wildman–Crippen LogP) is 2.06. The van der Waals surface area contributed by atoms with Crippen LogP contribution in [0, 0.1) is 11.8 Å². The Morgan fingerprint density at radius 2 is 1.69 bits per heavy atom. The molecule has 0 fully saturated rings. The predicted molar refractivity (Wildman–Crippen MR) is 51.3 cm³/mol. The lowest BCUT2D eigenvalue weighted by Crippen LogP contribution is -2.20. The van der Waals surface area contributed by atoms with Gasteiger partial charge in [0.25, 0.3) is 0 Å². The van der Waals surface area contributed by atoms with Gasteiger partial charge in [0, 0.05) is 0 Å². The second kappa shape index (κ2) is 8.48. The monoisotopic (exact) mass is 190 g/mol. The van der Waals surface area contributed by atoms with E-state index < -0.39 is 6.10 Å². The van der Waals surface area contributed by atoms with Crippen LogP contribution in [-0.2, 0) is 5.11 Å². The number of hydrogen-bond acceptors (Lipinski definition) is 1. The Hall–Kier alpha value is -0.120. The summed E-state index contributed by atoms with van der Waals surface area (Å²) in [7, 11) is 0. The molecule has 0 aliphatic heterocycles. The van der Waals surface area contributed by atoms with E-state index >= 15 is 0 Å². The van der Waals surface area contributed by atoms with Gasteiger partial charge in [0.1, 0.15) is 6.61 Å². The highest BCUT2D eigenvalue weighted by Gasteiger charge is 2.12. The summed E-state index contributed by atoms with van der Waals surface area (Å²) in [5.74, 6) is 0.892. The standard InChI is InChI=1S/C10H21O2.HO/c1-8(2)5-4-6-9(3)10(12)7-11;/h8-10,12H,4-7H2,1-3H3;1H. The highest BCUT2D eigenvalue weighted by molar-refractivity contribution is 4.63. The minimum atomic E-state index is -0.642. The van der Waals surface area contributed by atoms with E-state index in [4.69, 9.17) is 0 Å². The quantitative estimate of drug-likeness (QED) is 0.661. The molecule has 0 aromatic carbocycles. The first-order valence-corrected chi connectivity index (χ1v) is 4.84. The Labute approximate surface area is 81.1 Å². The molecule has 2 unspecified atom stereocenters. The lowest BCUT2D eigenvalue weighted by atomic mass is 9.96. The van der Waals surface area contributed by atoms with Crippen molar-refractivity contribution in [3.8, 4) is 0 Å². The van der Waals surface area contributed by atoms with Crippen molar-refractivity contribution in [3.63, 3.8) is 0 Å². The maximum Gasteiger partial charge on any atom is 0.108 e. The fraction of sp³-hybridized carbons (Fsp3) is 1.00. The Balaban J connectivity index is 0. The van der Waals surface area contributed by atoms with Gasteiger partial charge in [-0.3, -0.25) is 5.48 Å². The maximum absolute atomic E-state index is 10.3. The molecule has 0 aliphatic rings. The molecule has 80 valence electrons. The van der Waals surface area contributed by atoms with E-state index in [0.717, 1.165) is 18.8 Å². The van der Waals surface area contributed by atoms with Crippen molar-refractivity contribution in [1.29, 1.82) is 0 Å². The summed E-state index contributed by atoms with van der Waals surface area (Å²) in [4.78, 5) is 0. The fourth-order valence-corrected chi connectivity index (χ4v) is 1.20. The van der Waals surface area contributed by atoms with Gasteiger partial charge in [0.05, 0.1) is 6.10 Å². The zero-order valence-corrected chi connectivity index (χ0v) is 8.86. The number of hydrogen-bond donors (Lipinski definition) is 2. The molecular formula is C10H22O3. The summed E-state index contributed by atoms with van der Waals surface area (Å²) in [5, 5.41) is 19.5. The molecule has 0 bridgehead atoms. The van der Waals surface area contributed by atoms with Crippen LogP contribution in [-0.4, -0.2) is 23.3 Å². The van der Waals surface area contributed by atoms with Crippen molar-refractivity contribution in [3.05, 3.63) is 0 Å². The van der Waals surface area contributed by atoms with Crippen LogP contribution >= 0.6 is 0 Å². The van der Waals surface area contributed by atoms with Crippen molar-refractivity contribution >= 4 is 0 Å². The van der Waals surface area contributed by atoms with E-state index in [1.807, 2.05) is 6.92 Å². The van der Waals surface area contributed by atoms with Crippen LogP contribution in [0.5, 0.6) is 0 Å². The molecule has 0 saturated carbocycles. The average Bonchev–Trinajstić information content (AvgIpc) is 2.02. The van der Waals surface area contributed by atoms with Crippen molar-refractivity contribution < 1.29 is 15.7 Å². The molecular weight excluding hydrogens is 168 g/mol. The maximum atomic E-state index is 10.3. The third-order valence-corrected chi connectivity index (χ3v) is 2.27. The first-order chi connectivity index (χ1) is 5.57. The Kier molecular flexibility index (Phi) is 10.0. The van der Waals surface area contributed by atoms with Crippen molar-refractivity contribution in [2.45, 2.75) is 46.1 Å². The number of aliphatic hydroxyl groups is 1. The van der Waals surface area contributed by atoms with Crippen molar-refractivity contribution in [2.75, 3.05) is 6.61 Å². The fourth-order valence-electron chi connectivity index (χ4n) is 1.20. The van der Waals surface area contributed by atoms with Crippen LogP contribution in [0.2, 0.25) is 0 Å². The van der Waals surface area contributed by atoms with Gasteiger partial charge in [-0.05, 0) is 18.3 Å². The minimum absolute atomic E-state index is 0. The summed E-state index contributed by atoms with van der Waals surface area (Å²) in [6, 6.07) is 0. The van der Waals surface area contributed by atoms with Gasteiger partial charge in [-0.25, -0.2) is 5.11 Å². The third-order valence-electron chi connectivity index (χ3n) is 2.27. The second-order valence-corrected chi connectivity index (χ2v) is 4.04. The Morgan fingerprint density at radius 1 is 1.15 bits per heavy atom.